The second kappa shape index (κ2) is 7.12. The van der Waals surface area contributed by atoms with Crippen LogP contribution in [0.25, 0.3) is 0 Å². The van der Waals surface area contributed by atoms with Crippen LogP contribution in [0.15, 0.2) is 18.2 Å². The van der Waals surface area contributed by atoms with Crippen molar-refractivity contribution in [3.05, 3.63) is 29.3 Å². The molecule has 1 aliphatic rings. The third kappa shape index (κ3) is 3.75. The number of rotatable bonds is 4. The Morgan fingerprint density at radius 2 is 2.10 bits per heavy atom. The average Bonchev–Trinajstić information content (AvgIpc) is 2.53. The normalized spacial score (nSPS) is 16.8. The van der Waals surface area contributed by atoms with Crippen molar-refractivity contribution >= 4 is 5.91 Å². The van der Waals surface area contributed by atoms with Crippen molar-refractivity contribution < 1.29 is 9.53 Å². The summed E-state index contributed by atoms with van der Waals surface area (Å²) in [5.74, 6) is 0.763. The van der Waals surface area contributed by atoms with Crippen LogP contribution in [0.2, 0.25) is 0 Å². The van der Waals surface area contributed by atoms with Crippen molar-refractivity contribution in [2.75, 3.05) is 7.11 Å². The molecular formula is C17H22N2O2. The lowest BCUT2D eigenvalue weighted by atomic mass is 9.84. The summed E-state index contributed by atoms with van der Waals surface area (Å²) >= 11 is 0. The molecule has 1 aromatic rings. The number of hydrogen-bond acceptors (Lipinski definition) is 3. The van der Waals surface area contributed by atoms with Crippen molar-refractivity contribution in [2.45, 2.75) is 45.1 Å². The highest BCUT2D eigenvalue weighted by Crippen LogP contribution is 2.26. The van der Waals surface area contributed by atoms with E-state index in [4.69, 9.17) is 4.74 Å². The molecule has 112 valence electrons. The third-order valence-corrected chi connectivity index (χ3v) is 4.22. The van der Waals surface area contributed by atoms with Gasteiger partial charge in [0.15, 0.2) is 0 Å². The Balaban J connectivity index is 2.07. The average molecular weight is 286 g/mol. The number of nitrogens with one attached hydrogen (secondary N) is 1. The van der Waals surface area contributed by atoms with Crippen molar-refractivity contribution in [3.8, 4) is 11.8 Å². The molecule has 0 radical (unpaired) electrons. The van der Waals surface area contributed by atoms with E-state index in [1.54, 1.807) is 19.2 Å². The molecular weight excluding hydrogens is 264 g/mol. The largest absolute Gasteiger partial charge is 0.496 e. The van der Waals surface area contributed by atoms with Crippen LogP contribution in [-0.4, -0.2) is 19.1 Å². The maximum Gasteiger partial charge on any atom is 0.252 e. The van der Waals surface area contributed by atoms with Gasteiger partial charge in [0, 0.05) is 5.56 Å². The molecule has 0 saturated heterocycles. The number of carbonyl (C=O) groups is 1. The van der Waals surface area contributed by atoms with E-state index in [2.05, 4.69) is 11.4 Å². The van der Waals surface area contributed by atoms with Crippen LogP contribution in [-0.2, 0) is 0 Å². The van der Waals surface area contributed by atoms with Gasteiger partial charge in [0.25, 0.3) is 5.91 Å². The van der Waals surface area contributed by atoms with Gasteiger partial charge >= 0.3 is 0 Å². The Hall–Kier alpha value is -2.02. The summed E-state index contributed by atoms with van der Waals surface area (Å²) in [5, 5.41) is 12.2. The van der Waals surface area contributed by atoms with Crippen LogP contribution in [0.5, 0.6) is 5.75 Å². The van der Waals surface area contributed by atoms with E-state index in [-0.39, 0.29) is 11.8 Å². The van der Waals surface area contributed by atoms with Crippen LogP contribution in [0.3, 0.4) is 0 Å². The number of aryl methyl sites for hydroxylation is 1. The molecule has 1 amide bonds. The van der Waals surface area contributed by atoms with Gasteiger partial charge in [-0.3, -0.25) is 4.79 Å². The number of methoxy groups -OCH3 is 1. The first-order chi connectivity index (χ1) is 10.2. The Morgan fingerprint density at radius 3 is 2.71 bits per heavy atom. The molecule has 2 rings (SSSR count). The van der Waals surface area contributed by atoms with E-state index >= 15 is 0 Å². The van der Waals surface area contributed by atoms with Crippen LogP contribution in [0, 0.1) is 24.2 Å². The van der Waals surface area contributed by atoms with E-state index < -0.39 is 6.04 Å². The molecule has 0 aromatic heterocycles. The van der Waals surface area contributed by atoms with Gasteiger partial charge in [0.2, 0.25) is 0 Å². The van der Waals surface area contributed by atoms with Crippen LogP contribution in [0.4, 0.5) is 0 Å². The molecule has 1 saturated carbocycles. The predicted octanol–water partition coefficient (Wildman–Crippen LogP) is 3.21. The molecule has 1 fully saturated rings. The SMILES string of the molecule is COc1cc(C(=O)NC(C#N)C2CCCCC2)ccc1C. The molecule has 0 heterocycles. The van der Waals surface area contributed by atoms with Crippen LogP contribution < -0.4 is 10.1 Å². The highest BCUT2D eigenvalue weighted by Gasteiger charge is 2.25. The fourth-order valence-corrected chi connectivity index (χ4v) is 2.91. The molecule has 0 bridgehead atoms. The number of ether oxygens (including phenoxy) is 1. The molecule has 1 atom stereocenters. The quantitative estimate of drug-likeness (QED) is 0.924. The van der Waals surface area contributed by atoms with Crippen LogP contribution in [0.1, 0.15) is 48.0 Å². The summed E-state index contributed by atoms with van der Waals surface area (Å²) in [6.45, 7) is 1.93. The lowest BCUT2D eigenvalue weighted by molar-refractivity contribution is 0.0928. The van der Waals surface area contributed by atoms with Gasteiger partial charge in [-0.25, -0.2) is 0 Å². The Bertz CT molecular complexity index is 542. The molecule has 1 unspecified atom stereocenters. The summed E-state index contributed by atoms with van der Waals surface area (Å²) in [5.41, 5.74) is 1.52. The van der Waals surface area contributed by atoms with Gasteiger partial charge in [-0.15, -0.1) is 0 Å². The number of nitrogens with zero attached hydrogens (tertiary/aromatic N) is 1. The van der Waals surface area contributed by atoms with Gasteiger partial charge in [-0.1, -0.05) is 25.3 Å². The van der Waals surface area contributed by atoms with E-state index in [9.17, 15) is 10.1 Å². The van der Waals surface area contributed by atoms with E-state index in [0.29, 0.717) is 11.3 Å². The highest BCUT2D eigenvalue weighted by atomic mass is 16.5. The first-order valence-electron chi connectivity index (χ1n) is 7.51. The number of carbonyl (C=O) groups excluding carboxylic acids is 1. The Kier molecular flexibility index (Phi) is 5.21. The standard InChI is InChI=1S/C17H22N2O2/c1-12-8-9-14(10-16(12)21-2)17(20)19-15(11-18)13-6-4-3-5-7-13/h8-10,13,15H,3-7H2,1-2H3,(H,19,20). The zero-order chi connectivity index (χ0) is 15.2. The lowest BCUT2D eigenvalue weighted by Gasteiger charge is -2.26. The molecule has 1 N–H and O–H groups in total. The summed E-state index contributed by atoms with van der Waals surface area (Å²) in [6.07, 6.45) is 5.58. The highest BCUT2D eigenvalue weighted by molar-refractivity contribution is 5.95. The molecule has 0 aliphatic heterocycles. The first kappa shape index (κ1) is 15.4. The fraction of sp³-hybridized carbons (Fsp3) is 0.529. The first-order valence-corrected chi connectivity index (χ1v) is 7.51. The Labute approximate surface area is 126 Å². The maximum atomic E-state index is 12.3. The van der Waals surface area contributed by atoms with Crippen molar-refractivity contribution in [1.29, 1.82) is 5.26 Å². The second-order valence-corrected chi connectivity index (χ2v) is 5.66. The van der Waals surface area contributed by atoms with Gasteiger partial charge in [-0.05, 0) is 43.4 Å². The summed E-state index contributed by atoms with van der Waals surface area (Å²) < 4.78 is 5.24. The van der Waals surface area contributed by atoms with Crippen molar-refractivity contribution in [3.63, 3.8) is 0 Å². The zero-order valence-corrected chi connectivity index (χ0v) is 12.7. The molecule has 4 nitrogen and oxygen atoms in total. The molecule has 0 spiro atoms. The zero-order valence-electron chi connectivity index (χ0n) is 12.7. The Morgan fingerprint density at radius 1 is 1.38 bits per heavy atom. The van der Waals surface area contributed by atoms with Crippen LogP contribution >= 0.6 is 0 Å². The maximum absolute atomic E-state index is 12.3. The monoisotopic (exact) mass is 286 g/mol. The summed E-state index contributed by atoms with van der Waals surface area (Å²) in [6, 6.07) is 7.20. The van der Waals surface area contributed by atoms with Crippen molar-refractivity contribution in [2.24, 2.45) is 5.92 Å². The third-order valence-electron chi connectivity index (χ3n) is 4.22. The number of amides is 1. The number of benzene rings is 1. The summed E-state index contributed by atoms with van der Waals surface area (Å²) in [4.78, 5) is 12.3. The van der Waals surface area contributed by atoms with Crippen molar-refractivity contribution in [1.82, 2.24) is 5.32 Å². The molecule has 4 heteroatoms. The molecule has 21 heavy (non-hydrogen) atoms. The smallest absolute Gasteiger partial charge is 0.252 e. The topological polar surface area (TPSA) is 62.1 Å². The second-order valence-electron chi connectivity index (χ2n) is 5.66. The fourth-order valence-electron chi connectivity index (χ4n) is 2.91. The molecule has 1 aliphatic carbocycles. The van der Waals surface area contributed by atoms with E-state index in [1.807, 2.05) is 13.0 Å². The summed E-state index contributed by atoms with van der Waals surface area (Å²) in [7, 11) is 1.59. The predicted molar refractivity (Wildman–Crippen MR) is 81.2 cm³/mol. The van der Waals surface area contributed by atoms with Gasteiger partial charge in [0.1, 0.15) is 11.8 Å². The van der Waals surface area contributed by atoms with Gasteiger partial charge in [-0.2, -0.15) is 5.26 Å². The van der Waals surface area contributed by atoms with Gasteiger partial charge in [0.05, 0.1) is 13.2 Å². The minimum absolute atomic E-state index is 0.203. The van der Waals surface area contributed by atoms with E-state index in [0.717, 1.165) is 31.2 Å². The van der Waals surface area contributed by atoms with E-state index in [1.165, 1.54) is 6.42 Å². The minimum Gasteiger partial charge on any atom is -0.496 e. The minimum atomic E-state index is -0.398. The van der Waals surface area contributed by atoms with Gasteiger partial charge < -0.3 is 10.1 Å². The number of nitriles is 1. The lowest BCUT2D eigenvalue weighted by Crippen LogP contribution is -2.40. The number of hydrogen-bond donors (Lipinski definition) is 1. The molecule has 1 aromatic carbocycles.